The highest BCUT2D eigenvalue weighted by Gasteiger charge is 1.62. The van der Waals surface area contributed by atoms with Crippen molar-refractivity contribution in [2.75, 3.05) is 0 Å². The van der Waals surface area contributed by atoms with E-state index in [1.165, 1.54) is 6.92 Å². The molecule has 0 aromatic carbocycles. The molecule has 0 heterocycles. The first-order valence-corrected chi connectivity index (χ1v) is 2.06. The predicted octanol–water partition coefficient (Wildman–Crippen LogP) is 1.62. The van der Waals surface area contributed by atoms with E-state index < -0.39 is 0 Å². The van der Waals surface area contributed by atoms with Crippen molar-refractivity contribution in [3.8, 4) is 0 Å². The van der Waals surface area contributed by atoms with Crippen molar-refractivity contribution in [1.82, 2.24) is 0 Å². The summed E-state index contributed by atoms with van der Waals surface area (Å²) in [7, 11) is 0. The Balaban J connectivity index is 0. The molecule has 0 aliphatic heterocycles. The third-order valence-electron chi connectivity index (χ3n) is 0. The zero-order valence-electron chi connectivity index (χ0n) is 5.62. The second-order valence-corrected chi connectivity index (χ2v) is 0.702. The summed E-state index contributed by atoms with van der Waals surface area (Å²) in [4.78, 5) is 9.62. The van der Waals surface area contributed by atoms with Crippen LogP contribution in [0.25, 0.3) is 0 Å². The largest absolute Gasteiger partial charge is 0.300 e. The maximum Gasteiger partial charge on any atom is 0.126 e. The monoisotopic (exact) mass is 90.1 g/mol. The van der Waals surface area contributed by atoms with Crippen LogP contribution in [0, 0.1) is 0 Å². The van der Waals surface area contributed by atoms with Crippen molar-refractivity contribution in [3.63, 3.8) is 0 Å². The van der Waals surface area contributed by atoms with Crippen LogP contribution >= 0.6 is 0 Å². The van der Waals surface area contributed by atoms with Crippen LogP contribution < -0.4 is 0 Å². The van der Waals surface area contributed by atoms with E-state index in [-0.39, 0.29) is 12.7 Å². The summed E-state index contributed by atoms with van der Waals surface area (Å²) in [5.41, 5.74) is 0. The molecule has 0 atom stereocenters. The highest BCUT2D eigenvalue weighted by Crippen LogP contribution is 1.50. The number of ketones is 1. The first-order valence-electron chi connectivity index (χ1n) is 2.76. The number of carbonyl (C=O) groups is 1. The SMILES string of the molecule is CC.[3H]CC(C)=O. The van der Waals surface area contributed by atoms with Gasteiger partial charge in [0.25, 0.3) is 0 Å². The third kappa shape index (κ3) is 240. The molecule has 6 heavy (non-hydrogen) atoms. The molecule has 0 radical (unpaired) electrons. The Kier molecular flexibility index (Phi) is 8.34. The van der Waals surface area contributed by atoms with Gasteiger partial charge in [0, 0.05) is 1.37 Å². The van der Waals surface area contributed by atoms with E-state index in [9.17, 15) is 4.79 Å². The second-order valence-electron chi connectivity index (χ2n) is 0.702. The summed E-state index contributed by atoms with van der Waals surface area (Å²) < 4.78 is 6.31. The Bertz CT molecular complexity index is 43.3. The van der Waals surface area contributed by atoms with Gasteiger partial charge >= 0.3 is 0 Å². The highest BCUT2D eigenvalue weighted by atomic mass is 16.1. The van der Waals surface area contributed by atoms with E-state index in [0.717, 1.165) is 0 Å². The normalized spacial score (nSPS) is 7.50. The zero-order chi connectivity index (χ0) is 6.28. The Morgan fingerprint density at radius 2 is 1.83 bits per heavy atom. The molecule has 0 aliphatic carbocycles. The molecule has 0 aliphatic rings. The van der Waals surface area contributed by atoms with Crippen molar-refractivity contribution in [2.24, 2.45) is 0 Å². The minimum absolute atomic E-state index is 0.0787. The molecule has 0 bridgehead atoms. The van der Waals surface area contributed by atoms with Crippen LogP contribution in [0.2, 0.25) is 0 Å². The van der Waals surface area contributed by atoms with Crippen molar-refractivity contribution in [1.29, 1.82) is 0 Å². The number of rotatable bonds is 0. The summed E-state index contributed by atoms with van der Waals surface area (Å²) in [6.07, 6.45) is 0. The minimum Gasteiger partial charge on any atom is -0.300 e. The lowest BCUT2D eigenvalue weighted by Crippen LogP contribution is -1.69. The lowest BCUT2D eigenvalue weighted by molar-refractivity contribution is -0.114. The van der Waals surface area contributed by atoms with Gasteiger partial charge < -0.3 is 4.79 Å². The lowest BCUT2D eigenvalue weighted by Gasteiger charge is -1.56. The molecular formula is C5H12O. The Morgan fingerprint density at radius 3 is 1.83 bits per heavy atom. The van der Waals surface area contributed by atoms with Gasteiger partial charge in [-0.15, -0.1) is 0 Å². The maximum absolute atomic E-state index is 9.62. The number of carbonyl (C=O) groups excluding carboxylic acids is 1. The molecule has 1 nitrogen and oxygen atoms in total. The Labute approximate surface area is 40.8 Å². The fraction of sp³-hybridized carbons (Fsp3) is 0.800. The number of Topliss-reactive ketones (excluding diaryl/α,β-unsaturated/α-hetero) is 1. The van der Waals surface area contributed by atoms with E-state index in [0.29, 0.717) is 0 Å². The molecule has 1 heteroatoms. The molecule has 0 aromatic heterocycles. The molecule has 0 spiro atoms. The van der Waals surface area contributed by atoms with Crippen LogP contribution in [-0.2, 0) is 4.79 Å². The van der Waals surface area contributed by atoms with E-state index in [1.807, 2.05) is 13.8 Å². The minimum atomic E-state index is -0.0833. The van der Waals surface area contributed by atoms with Crippen LogP contribution in [0.5, 0.6) is 0 Å². The van der Waals surface area contributed by atoms with Crippen LogP contribution in [0.1, 0.15) is 29.0 Å². The van der Waals surface area contributed by atoms with E-state index in [2.05, 4.69) is 0 Å². The van der Waals surface area contributed by atoms with Crippen LogP contribution in [0.4, 0.5) is 0 Å². The van der Waals surface area contributed by atoms with Crippen molar-refractivity contribution >= 4 is 5.78 Å². The summed E-state index contributed by atoms with van der Waals surface area (Å²) in [6, 6.07) is 0. The molecular weight excluding hydrogens is 76.1 g/mol. The van der Waals surface area contributed by atoms with Gasteiger partial charge in [-0.25, -0.2) is 0 Å². The topological polar surface area (TPSA) is 17.1 Å². The van der Waals surface area contributed by atoms with Crippen LogP contribution in [-0.4, -0.2) is 5.78 Å². The third-order valence-corrected chi connectivity index (χ3v) is 0. The van der Waals surface area contributed by atoms with Gasteiger partial charge in [0.1, 0.15) is 5.78 Å². The highest BCUT2D eigenvalue weighted by molar-refractivity contribution is 5.72. The summed E-state index contributed by atoms with van der Waals surface area (Å²) in [5.74, 6) is -0.0787. The molecule has 0 N–H and O–H groups in total. The predicted molar refractivity (Wildman–Crippen MR) is 27.7 cm³/mol. The van der Waals surface area contributed by atoms with Crippen LogP contribution in [0.3, 0.4) is 0 Å². The zero-order valence-corrected chi connectivity index (χ0v) is 4.62. The Hall–Kier alpha value is -0.330. The van der Waals surface area contributed by atoms with Gasteiger partial charge in [-0.3, -0.25) is 0 Å². The fourth-order valence-corrected chi connectivity index (χ4v) is 0. The first kappa shape index (κ1) is 5.67. The summed E-state index contributed by atoms with van der Waals surface area (Å²) in [5, 5.41) is 0. The molecule has 0 saturated heterocycles. The second kappa shape index (κ2) is 8.82. The molecule has 0 aromatic rings. The molecule has 0 fully saturated rings. The molecule has 38 valence electrons. The van der Waals surface area contributed by atoms with Gasteiger partial charge in [0.2, 0.25) is 0 Å². The smallest absolute Gasteiger partial charge is 0.126 e. The van der Waals surface area contributed by atoms with Crippen molar-refractivity contribution in [3.05, 3.63) is 0 Å². The average molecular weight is 90.2 g/mol. The van der Waals surface area contributed by atoms with Crippen molar-refractivity contribution < 1.29 is 6.17 Å². The number of hydrogen-bond acceptors (Lipinski definition) is 1. The van der Waals surface area contributed by atoms with Gasteiger partial charge in [0.15, 0.2) is 0 Å². The lowest BCUT2D eigenvalue weighted by atomic mass is 10.6. The maximum atomic E-state index is 9.62. The molecule has 0 saturated carbocycles. The fourth-order valence-electron chi connectivity index (χ4n) is 0. The number of hydrogen-bond donors (Lipinski definition) is 0. The van der Waals surface area contributed by atoms with Crippen LogP contribution in [0.15, 0.2) is 0 Å². The van der Waals surface area contributed by atoms with E-state index in [1.54, 1.807) is 0 Å². The van der Waals surface area contributed by atoms with Crippen molar-refractivity contribution in [2.45, 2.75) is 27.7 Å². The standard InChI is InChI=1S/C3H6O.C2H6/c1-3(2)4;1-2/h1-2H3;1-2H3/i1T;. The molecule has 0 amide bonds. The first-order chi connectivity index (χ1) is 3.27. The van der Waals surface area contributed by atoms with Gasteiger partial charge in [-0.1, -0.05) is 13.8 Å². The van der Waals surface area contributed by atoms with E-state index >= 15 is 0 Å². The summed E-state index contributed by atoms with van der Waals surface area (Å²) in [6.45, 7) is 5.31. The van der Waals surface area contributed by atoms with Gasteiger partial charge in [-0.2, -0.15) is 0 Å². The van der Waals surface area contributed by atoms with Gasteiger partial charge in [-0.05, 0) is 13.8 Å². The van der Waals surface area contributed by atoms with Gasteiger partial charge in [0.05, 0.1) is 0 Å². The summed E-state index contributed by atoms with van der Waals surface area (Å²) >= 11 is 0. The molecule has 0 rings (SSSR count). The Morgan fingerprint density at radius 1 is 1.67 bits per heavy atom. The quantitative estimate of drug-likeness (QED) is 0.441. The average Bonchev–Trinajstić information content (AvgIpc) is 1.73. The molecule has 0 unspecified atom stereocenters. The van der Waals surface area contributed by atoms with E-state index in [4.69, 9.17) is 1.37 Å².